The third-order valence-electron chi connectivity index (χ3n) is 1.76. The van der Waals surface area contributed by atoms with Gasteiger partial charge in [0.25, 0.3) is 5.69 Å². The number of halogens is 1. The fourth-order valence-corrected chi connectivity index (χ4v) is 1.01. The number of nitrogen functional groups attached to an aromatic ring is 1. The maximum atomic E-state index is 13.2. The van der Waals surface area contributed by atoms with E-state index >= 15 is 0 Å². The first-order chi connectivity index (χ1) is 8.06. The van der Waals surface area contributed by atoms with E-state index in [1.165, 1.54) is 0 Å². The maximum absolute atomic E-state index is 13.2. The highest BCUT2D eigenvalue weighted by atomic mass is 19.1. The van der Waals surface area contributed by atoms with Crippen LogP contribution in [0.5, 0.6) is 0 Å². The number of azide groups is 1. The topological polar surface area (TPSA) is 118 Å². The van der Waals surface area contributed by atoms with Gasteiger partial charge in [0.2, 0.25) is 0 Å². The minimum Gasteiger partial charge on any atom is -0.395 e. The second kappa shape index (κ2) is 5.34. The lowest BCUT2D eigenvalue weighted by Crippen LogP contribution is -1.98. The molecule has 0 saturated carbocycles. The van der Waals surface area contributed by atoms with E-state index in [0.29, 0.717) is 6.07 Å². The van der Waals surface area contributed by atoms with Crippen LogP contribution in [-0.2, 0) is 0 Å². The highest BCUT2D eigenvalue weighted by Gasteiger charge is 2.13. The Balaban J connectivity index is 3.16. The van der Waals surface area contributed by atoms with Crippen molar-refractivity contribution in [2.45, 2.75) is 0 Å². The van der Waals surface area contributed by atoms with Crippen molar-refractivity contribution in [2.24, 2.45) is 5.11 Å². The molecular formula is C9H6FN5O2. The van der Waals surface area contributed by atoms with Gasteiger partial charge in [0.05, 0.1) is 28.8 Å². The first kappa shape index (κ1) is 12.3. The summed E-state index contributed by atoms with van der Waals surface area (Å²) in [6.07, 6.45) is 0. The number of anilines is 1. The van der Waals surface area contributed by atoms with Crippen LogP contribution >= 0.6 is 0 Å². The lowest BCUT2D eigenvalue weighted by Gasteiger charge is -1.99. The van der Waals surface area contributed by atoms with Gasteiger partial charge >= 0.3 is 0 Å². The zero-order valence-electron chi connectivity index (χ0n) is 8.42. The summed E-state index contributed by atoms with van der Waals surface area (Å²) in [6, 6.07) is 1.77. The lowest BCUT2D eigenvalue weighted by molar-refractivity contribution is -0.385. The molecule has 0 spiro atoms. The molecule has 8 heteroatoms. The van der Waals surface area contributed by atoms with E-state index in [1.807, 2.05) is 0 Å². The zero-order valence-corrected chi connectivity index (χ0v) is 8.42. The molecule has 0 aliphatic carbocycles. The largest absolute Gasteiger partial charge is 0.395 e. The molecule has 7 nitrogen and oxygen atoms in total. The number of non-ortho nitro benzene ring substituents is 1. The van der Waals surface area contributed by atoms with Crippen LogP contribution < -0.4 is 5.73 Å². The van der Waals surface area contributed by atoms with E-state index in [1.54, 1.807) is 0 Å². The zero-order chi connectivity index (χ0) is 12.8. The summed E-state index contributed by atoms with van der Waals surface area (Å²) in [5.41, 5.74) is 12.6. The highest BCUT2D eigenvalue weighted by Crippen LogP contribution is 2.22. The Morgan fingerprint density at radius 3 is 2.94 bits per heavy atom. The molecule has 0 saturated heterocycles. The first-order valence-corrected chi connectivity index (χ1v) is 4.29. The normalized spacial score (nSPS) is 8.76. The fraction of sp³-hybridized carbons (Fsp3) is 0.111. The standard InChI is InChI=1S/C9H6FN5O2/c10-8-5-7(15(16)17)4-6(9(8)11)2-1-3-13-14-12/h4-5H,3,11H2. The van der Waals surface area contributed by atoms with Gasteiger partial charge in [0.1, 0.15) is 0 Å². The second-order valence-corrected chi connectivity index (χ2v) is 2.84. The van der Waals surface area contributed by atoms with Crippen LogP contribution in [0.4, 0.5) is 15.8 Å². The molecule has 0 fully saturated rings. The van der Waals surface area contributed by atoms with E-state index in [4.69, 9.17) is 11.3 Å². The summed E-state index contributed by atoms with van der Waals surface area (Å²) in [6.45, 7) is -0.125. The Kier molecular flexibility index (Phi) is 3.86. The first-order valence-electron chi connectivity index (χ1n) is 4.29. The molecule has 2 N–H and O–H groups in total. The van der Waals surface area contributed by atoms with Gasteiger partial charge < -0.3 is 5.73 Å². The van der Waals surface area contributed by atoms with Crippen LogP contribution in [0.25, 0.3) is 10.4 Å². The second-order valence-electron chi connectivity index (χ2n) is 2.84. The lowest BCUT2D eigenvalue weighted by atomic mass is 10.1. The van der Waals surface area contributed by atoms with E-state index in [9.17, 15) is 14.5 Å². The van der Waals surface area contributed by atoms with Gasteiger partial charge in [-0.25, -0.2) is 4.39 Å². The number of rotatable bonds is 2. The highest BCUT2D eigenvalue weighted by molar-refractivity contribution is 5.61. The molecule has 1 rings (SSSR count). The van der Waals surface area contributed by atoms with E-state index in [0.717, 1.165) is 6.07 Å². The van der Waals surface area contributed by atoms with Crippen molar-refractivity contribution in [3.8, 4) is 11.8 Å². The van der Waals surface area contributed by atoms with Crippen LogP contribution in [0.15, 0.2) is 17.2 Å². The molecule has 0 atom stereocenters. The van der Waals surface area contributed by atoms with Crippen molar-refractivity contribution in [1.29, 1.82) is 0 Å². The molecule has 0 bridgehead atoms. The molecule has 0 aliphatic rings. The molecule has 0 aromatic heterocycles. The monoisotopic (exact) mass is 235 g/mol. The van der Waals surface area contributed by atoms with Gasteiger partial charge in [-0.2, -0.15) is 0 Å². The summed E-state index contributed by atoms with van der Waals surface area (Å²) in [4.78, 5) is 12.2. The van der Waals surface area contributed by atoms with Crippen LogP contribution in [0, 0.1) is 27.8 Å². The van der Waals surface area contributed by atoms with Gasteiger partial charge in [-0.15, -0.1) is 0 Å². The molecule has 0 unspecified atom stereocenters. The molecular weight excluding hydrogens is 229 g/mol. The number of nitro groups is 1. The quantitative estimate of drug-likeness (QED) is 0.160. The van der Waals surface area contributed by atoms with Gasteiger partial charge in [-0.3, -0.25) is 10.1 Å². The Bertz CT molecular complexity index is 569. The minimum absolute atomic E-state index is 0.00941. The summed E-state index contributed by atoms with van der Waals surface area (Å²) in [7, 11) is 0. The molecule has 0 aliphatic heterocycles. The molecule has 1 aromatic carbocycles. The number of hydrogen-bond acceptors (Lipinski definition) is 4. The van der Waals surface area contributed by atoms with Crippen molar-refractivity contribution in [3.63, 3.8) is 0 Å². The Labute approximate surface area is 94.8 Å². The van der Waals surface area contributed by atoms with Crippen molar-refractivity contribution in [2.75, 3.05) is 12.3 Å². The average molecular weight is 235 g/mol. The third kappa shape index (κ3) is 3.09. The SMILES string of the molecule is [N-]=[N+]=NCC#Cc1cc([N+](=O)[O-])cc(F)c1N. The summed E-state index contributed by atoms with van der Waals surface area (Å²) >= 11 is 0. The summed E-state index contributed by atoms with van der Waals surface area (Å²) < 4.78 is 13.2. The van der Waals surface area contributed by atoms with E-state index in [-0.39, 0.29) is 17.8 Å². The third-order valence-corrected chi connectivity index (χ3v) is 1.76. The molecule has 0 heterocycles. The van der Waals surface area contributed by atoms with E-state index < -0.39 is 16.4 Å². The smallest absolute Gasteiger partial charge is 0.273 e. The number of nitrogens with two attached hydrogens (primary N) is 1. The number of nitrogens with zero attached hydrogens (tertiary/aromatic N) is 4. The van der Waals surface area contributed by atoms with Gasteiger partial charge in [0, 0.05) is 11.0 Å². The Morgan fingerprint density at radius 2 is 2.35 bits per heavy atom. The Morgan fingerprint density at radius 1 is 1.65 bits per heavy atom. The predicted octanol–water partition coefficient (Wildman–Crippen LogP) is 1.98. The van der Waals surface area contributed by atoms with Crippen LogP contribution in [0.1, 0.15) is 5.56 Å². The van der Waals surface area contributed by atoms with Crippen molar-refractivity contribution < 1.29 is 9.31 Å². The van der Waals surface area contributed by atoms with Gasteiger partial charge in [-0.05, 0) is 5.53 Å². The van der Waals surface area contributed by atoms with Crippen molar-refractivity contribution in [3.05, 3.63) is 44.1 Å². The van der Waals surface area contributed by atoms with Gasteiger partial charge in [0.15, 0.2) is 5.82 Å². The van der Waals surface area contributed by atoms with Crippen LogP contribution in [0.2, 0.25) is 0 Å². The fourth-order valence-electron chi connectivity index (χ4n) is 1.01. The molecule has 1 aromatic rings. The number of nitro benzene ring substituents is 1. The van der Waals surface area contributed by atoms with Crippen molar-refractivity contribution in [1.82, 2.24) is 0 Å². The summed E-state index contributed by atoms with van der Waals surface area (Å²) in [5, 5.41) is 13.6. The van der Waals surface area contributed by atoms with Crippen molar-refractivity contribution >= 4 is 11.4 Å². The average Bonchev–Trinajstić information content (AvgIpc) is 2.29. The molecule has 0 radical (unpaired) electrons. The minimum atomic E-state index is -0.910. The van der Waals surface area contributed by atoms with Crippen LogP contribution in [-0.4, -0.2) is 11.5 Å². The molecule has 0 amide bonds. The van der Waals surface area contributed by atoms with Gasteiger partial charge in [-0.1, -0.05) is 17.0 Å². The van der Waals surface area contributed by atoms with E-state index in [2.05, 4.69) is 21.9 Å². The number of benzene rings is 1. The maximum Gasteiger partial charge on any atom is 0.273 e. The predicted molar refractivity (Wildman–Crippen MR) is 58.4 cm³/mol. The summed E-state index contributed by atoms with van der Waals surface area (Å²) in [5.74, 6) is 3.89. The Hall–Kier alpha value is -2.78. The number of hydrogen-bond donors (Lipinski definition) is 1. The molecule has 86 valence electrons. The van der Waals surface area contributed by atoms with Crippen LogP contribution in [0.3, 0.4) is 0 Å². The molecule has 17 heavy (non-hydrogen) atoms.